The summed E-state index contributed by atoms with van der Waals surface area (Å²) in [6.45, 7) is 0. The summed E-state index contributed by atoms with van der Waals surface area (Å²) in [5.41, 5.74) is 5.32. The second-order valence-electron chi connectivity index (χ2n) is 4.98. The molecule has 3 unspecified atom stereocenters. The van der Waals surface area contributed by atoms with Crippen LogP contribution in [0, 0.1) is 5.92 Å². The van der Waals surface area contributed by atoms with Crippen molar-refractivity contribution in [3.05, 3.63) is 57.2 Å². The second-order valence-corrected chi connectivity index (χ2v) is 7.84. The van der Waals surface area contributed by atoms with E-state index in [0.29, 0.717) is 10.8 Å². The minimum atomic E-state index is -0.879. The van der Waals surface area contributed by atoms with Gasteiger partial charge in [-0.2, -0.15) is 5.10 Å². The van der Waals surface area contributed by atoms with Crippen molar-refractivity contribution in [2.24, 2.45) is 11.0 Å². The molecule has 1 aromatic carbocycles. The summed E-state index contributed by atoms with van der Waals surface area (Å²) in [7, 11) is 0. The van der Waals surface area contributed by atoms with E-state index in [1.54, 1.807) is 17.6 Å². The van der Waals surface area contributed by atoms with Crippen LogP contribution in [0.1, 0.15) is 16.5 Å². The average molecular weight is 339 g/mol. The predicted molar refractivity (Wildman–Crippen MR) is 90.6 cm³/mol. The average Bonchev–Trinajstić information content (AvgIpc) is 3.08. The lowest BCUT2D eigenvalue weighted by molar-refractivity contribution is 0.517. The number of hydrogen-bond donors (Lipinski definition) is 1. The van der Waals surface area contributed by atoms with Gasteiger partial charge in [-0.25, -0.2) is 0 Å². The summed E-state index contributed by atoms with van der Waals surface area (Å²) in [5, 5.41) is 7.25. The fourth-order valence-electron chi connectivity index (χ4n) is 2.54. The smallest absolute Gasteiger partial charge is 0.116 e. The van der Waals surface area contributed by atoms with Gasteiger partial charge in [0.1, 0.15) is 5.75 Å². The lowest BCUT2D eigenvalue weighted by atomic mass is 9.91. The van der Waals surface area contributed by atoms with E-state index < -0.39 is 11.2 Å². The molecule has 0 radical (unpaired) electrons. The molecule has 0 spiro atoms. The fourth-order valence-corrected chi connectivity index (χ4v) is 4.30. The molecular weight excluding hydrogens is 324 g/mol. The van der Waals surface area contributed by atoms with Crippen LogP contribution in [0.3, 0.4) is 0 Å². The van der Waals surface area contributed by atoms with E-state index >= 15 is 0 Å². The zero-order valence-corrected chi connectivity index (χ0v) is 13.8. The highest BCUT2D eigenvalue weighted by molar-refractivity contribution is 7.90. The molecule has 3 rings (SSSR count). The van der Waals surface area contributed by atoms with E-state index in [1.807, 2.05) is 35.7 Å². The van der Waals surface area contributed by atoms with Crippen molar-refractivity contribution < 1.29 is 4.55 Å². The van der Waals surface area contributed by atoms with Gasteiger partial charge in [-0.3, -0.25) is 0 Å². The van der Waals surface area contributed by atoms with Gasteiger partial charge in [-0.1, -0.05) is 41.0 Å². The lowest BCUT2D eigenvalue weighted by Crippen LogP contribution is -2.28. The molecule has 0 amide bonds. The first kappa shape index (κ1) is 14.9. The number of rotatable bonds is 4. The van der Waals surface area contributed by atoms with Crippen LogP contribution < -0.4 is 5.43 Å². The third-order valence-corrected chi connectivity index (χ3v) is 5.47. The van der Waals surface area contributed by atoms with Crippen molar-refractivity contribution in [2.45, 2.75) is 6.04 Å². The Morgan fingerprint density at radius 3 is 2.71 bits per heavy atom. The molecule has 0 fully saturated rings. The molecule has 6 heteroatoms. The molecule has 21 heavy (non-hydrogen) atoms. The summed E-state index contributed by atoms with van der Waals surface area (Å²) < 4.78 is 11.8. The molecule has 0 aliphatic carbocycles. The van der Waals surface area contributed by atoms with Crippen LogP contribution in [0.25, 0.3) is 0 Å². The molecular formula is C15H15ClN2OS2. The molecule has 1 N–H and O–H groups in total. The molecule has 2 heterocycles. The number of nitrogens with zero attached hydrogens (tertiary/aromatic N) is 1. The Bertz CT molecular complexity index is 626. The molecule has 3 nitrogen and oxygen atoms in total. The van der Waals surface area contributed by atoms with Crippen LogP contribution >= 0.6 is 22.9 Å². The summed E-state index contributed by atoms with van der Waals surface area (Å²) in [4.78, 5) is 1.13. The number of thiophene rings is 1. The molecule has 3 atom stereocenters. The van der Waals surface area contributed by atoms with Gasteiger partial charge in [0.2, 0.25) is 0 Å². The molecule has 1 aliphatic heterocycles. The zero-order valence-electron chi connectivity index (χ0n) is 11.5. The maximum absolute atomic E-state index is 11.8. The SMILES string of the molecule is C[S+]([O-])CC1C(c2cccs2)=NNC1c1ccc(Cl)cc1. The van der Waals surface area contributed by atoms with Gasteiger partial charge in [0.15, 0.2) is 0 Å². The van der Waals surface area contributed by atoms with Crippen LogP contribution in [0.2, 0.25) is 5.02 Å². The van der Waals surface area contributed by atoms with Crippen LogP contribution in [0.15, 0.2) is 46.9 Å². The first-order valence-electron chi connectivity index (χ1n) is 6.57. The third-order valence-electron chi connectivity index (χ3n) is 3.49. The van der Waals surface area contributed by atoms with Crippen LogP contribution in [-0.2, 0) is 11.2 Å². The van der Waals surface area contributed by atoms with Crippen molar-refractivity contribution in [3.63, 3.8) is 0 Å². The highest BCUT2D eigenvalue weighted by atomic mass is 35.5. The molecule has 110 valence electrons. The Labute approximate surface area is 136 Å². The first-order valence-corrected chi connectivity index (χ1v) is 9.56. The summed E-state index contributed by atoms with van der Waals surface area (Å²) in [6.07, 6.45) is 1.74. The maximum Gasteiger partial charge on any atom is 0.116 e. The van der Waals surface area contributed by atoms with Gasteiger partial charge >= 0.3 is 0 Å². The van der Waals surface area contributed by atoms with Gasteiger partial charge in [-0.05, 0) is 29.1 Å². The van der Waals surface area contributed by atoms with Crippen LogP contribution in [0.4, 0.5) is 0 Å². The molecule has 0 bridgehead atoms. The van der Waals surface area contributed by atoms with Crippen molar-refractivity contribution in [1.82, 2.24) is 5.43 Å². The van der Waals surface area contributed by atoms with E-state index in [1.165, 1.54) is 0 Å². The Balaban J connectivity index is 1.90. The van der Waals surface area contributed by atoms with E-state index in [4.69, 9.17) is 11.6 Å². The summed E-state index contributed by atoms with van der Waals surface area (Å²) in [5.74, 6) is 0.701. The zero-order chi connectivity index (χ0) is 14.8. The second kappa shape index (κ2) is 6.40. The van der Waals surface area contributed by atoms with E-state index in [9.17, 15) is 4.55 Å². The normalized spacial score (nSPS) is 22.7. The highest BCUT2D eigenvalue weighted by Crippen LogP contribution is 2.33. The van der Waals surface area contributed by atoms with Crippen molar-refractivity contribution in [2.75, 3.05) is 12.0 Å². The Kier molecular flexibility index (Phi) is 4.54. The summed E-state index contributed by atoms with van der Waals surface area (Å²) in [6, 6.07) is 11.9. The minimum Gasteiger partial charge on any atom is -0.617 e. The molecule has 0 saturated heterocycles. The largest absolute Gasteiger partial charge is 0.617 e. The first-order chi connectivity index (χ1) is 10.1. The van der Waals surface area contributed by atoms with Gasteiger partial charge in [0.05, 0.1) is 28.8 Å². The van der Waals surface area contributed by atoms with E-state index in [-0.39, 0.29) is 12.0 Å². The Morgan fingerprint density at radius 1 is 1.33 bits per heavy atom. The number of hydrogen-bond acceptors (Lipinski definition) is 4. The van der Waals surface area contributed by atoms with E-state index in [0.717, 1.165) is 16.2 Å². The topological polar surface area (TPSA) is 47.5 Å². The Hall–Kier alpha value is -1.01. The number of nitrogens with one attached hydrogen (secondary N) is 1. The van der Waals surface area contributed by atoms with Crippen molar-refractivity contribution >= 4 is 39.8 Å². The number of benzene rings is 1. The van der Waals surface area contributed by atoms with Crippen molar-refractivity contribution in [1.29, 1.82) is 0 Å². The highest BCUT2D eigenvalue weighted by Gasteiger charge is 2.36. The number of hydrazone groups is 1. The summed E-state index contributed by atoms with van der Waals surface area (Å²) >= 11 is 6.73. The predicted octanol–water partition coefficient (Wildman–Crippen LogP) is 3.44. The minimum absolute atomic E-state index is 0.0447. The maximum atomic E-state index is 11.8. The van der Waals surface area contributed by atoms with Gasteiger partial charge in [0, 0.05) is 5.02 Å². The van der Waals surface area contributed by atoms with Gasteiger partial charge < -0.3 is 9.98 Å². The van der Waals surface area contributed by atoms with Crippen molar-refractivity contribution in [3.8, 4) is 0 Å². The third kappa shape index (κ3) is 3.26. The van der Waals surface area contributed by atoms with Gasteiger partial charge in [-0.15, -0.1) is 11.3 Å². The van der Waals surface area contributed by atoms with Gasteiger partial charge in [0.25, 0.3) is 0 Å². The Morgan fingerprint density at radius 2 is 2.10 bits per heavy atom. The molecule has 1 aliphatic rings. The standard InChI is InChI=1S/C15H15ClN2OS2/c1-21(19)9-12-14(10-4-6-11(16)7-5-10)17-18-15(12)13-3-2-8-20-13/h2-8,12,14,17H,9H2,1H3. The molecule has 2 aromatic rings. The number of halogens is 1. The van der Waals surface area contributed by atoms with Crippen LogP contribution in [-0.4, -0.2) is 22.3 Å². The molecule has 1 aromatic heterocycles. The monoisotopic (exact) mass is 338 g/mol. The van der Waals surface area contributed by atoms with E-state index in [2.05, 4.69) is 16.6 Å². The van der Waals surface area contributed by atoms with Crippen LogP contribution in [0.5, 0.6) is 0 Å². The fraction of sp³-hybridized carbons (Fsp3) is 0.267. The quantitative estimate of drug-likeness (QED) is 0.868. The lowest BCUT2D eigenvalue weighted by Gasteiger charge is -2.21. The molecule has 0 saturated carbocycles.